The molecule has 0 unspecified atom stereocenters. The number of anilines is 1. The summed E-state index contributed by atoms with van der Waals surface area (Å²) < 4.78 is 28.3. The number of carbonyl (C=O) groups is 1. The summed E-state index contributed by atoms with van der Waals surface area (Å²) in [5, 5.41) is 3.27. The van der Waals surface area contributed by atoms with E-state index in [2.05, 4.69) is 21.2 Å². The number of halogens is 2. The van der Waals surface area contributed by atoms with Crippen molar-refractivity contribution < 1.29 is 13.2 Å². The van der Waals surface area contributed by atoms with Gasteiger partial charge in [0, 0.05) is 16.0 Å². The molecule has 0 radical (unpaired) electrons. The lowest BCUT2D eigenvalue weighted by atomic mass is 10.2. The van der Waals surface area contributed by atoms with E-state index in [0.29, 0.717) is 10.7 Å². The lowest BCUT2D eigenvalue weighted by Gasteiger charge is -2.24. The number of nitrogens with one attached hydrogen (secondary N) is 1. The molecule has 0 saturated carbocycles. The standard InChI is InChI=1S/C21H18BrClN2O3S/c22-17-10-12-18(13-11-17)25(29(27,28)19-7-2-1-3-8-19)15-21(26)24-14-16-6-4-5-9-20(16)23/h1-13H,14-15H2,(H,24,26). The fourth-order valence-corrected chi connectivity index (χ4v) is 4.57. The van der Waals surface area contributed by atoms with E-state index in [0.717, 1.165) is 14.3 Å². The van der Waals surface area contributed by atoms with Crippen LogP contribution in [-0.4, -0.2) is 20.9 Å². The molecule has 3 rings (SSSR count). The molecule has 0 heterocycles. The summed E-state index contributed by atoms with van der Waals surface area (Å²) in [7, 11) is -3.92. The van der Waals surface area contributed by atoms with Crippen molar-refractivity contribution in [2.45, 2.75) is 11.4 Å². The maximum Gasteiger partial charge on any atom is 0.264 e. The van der Waals surface area contributed by atoms with E-state index < -0.39 is 15.9 Å². The maximum atomic E-state index is 13.2. The molecular formula is C21H18BrClN2O3S. The monoisotopic (exact) mass is 492 g/mol. The molecule has 1 amide bonds. The summed E-state index contributed by atoms with van der Waals surface area (Å²) in [5.41, 5.74) is 1.15. The van der Waals surface area contributed by atoms with Gasteiger partial charge in [0.25, 0.3) is 10.0 Å². The SMILES string of the molecule is O=C(CN(c1ccc(Br)cc1)S(=O)(=O)c1ccccc1)NCc1ccccc1Cl. The topological polar surface area (TPSA) is 66.5 Å². The molecule has 8 heteroatoms. The number of nitrogens with zero attached hydrogens (tertiary/aromatic N) is 1. The lowest BCUT2D eigenvalue weighted by molar-refractivity contribution is -0.119. The Labute approximate surface area is 183 Å². The Bertz CT molecular complexity index is 1090. The molecule has 0 aromatic heterocycles. The average Bonchev–Trinajstić information content (AvgIpc) is 2.73. The van der Waals surface area contributed by atoms with Crippen molar-refractivity contribution in [3.63, 3.8) is 0 Å². The first-order valence-corrected chi connectivity index (χ1v) is 11.3. The summed E-state index contributed by atoms with van der Waals surface area (Å²) in [6.45, 7) is -0.151. The fraction of sp³-hybridized carbons (Fsp3) is 0.0952. The second-order valence-electron chi connectivity index (χ2n) is 6.17. The highest BCUT2D eigenvalue weighted by atomic mass is 79.9. The van der Waals surface area contributed by atoms with Crippen molar-refractivity contribution in [2.75, 3.05) is 10.8 Å². The molecule has 1 N–H and O–H groups in total. The summed E-state index contributed by atoms with van der Waals surface area (Å²) in [6, 6.07) is 21.9. The van der Waals surface area contributed by atoms with E-state index in [1.165, 1.54) is 12.1 Å². The average molecular weight is 494 g/mol. The zero-order chi connectivity index (χ0) is 20.9. The van der Waals surface area contributed by atoms with Crippen LogP contribution >= 0.6 is 27.5 Å². The molecule has 0 aliphatic carbocycles. The number of sulfonamides is 1. The highest BCUT2D eigenvalue weighted by Crippen LogP contribution is 2.25. The van der Waals surface area contributed by atoms with Gasteiger partial charge in [-0.05, 0) is 48.0 Å². The number of amides is 1. The number of carbonyl (C=O) groups excluding carboxylic acids is 1. The van der Waals surface area contributed by atoms with Crippen LogP contribution in [0.25, 0.3) is 0 Å². The van der Waals surface area contributed by atoms with Crippen molar-refractivity contribution in [3.05, 3.63) is 93.9 Å². The first-order chi connectivity index (χ1) is 13.9. The predicted octanol–water partition coefficient (Wildman–Crippen LogP) is 4.61. The molecule has 0 atom stereocenters. The van der Waals surface area contributed by atoms with E-state index in [1.807, 2.05) is 6.07 Å². The minimum absolute atomic E-state index is 0.113. The molecule has 0 saturated heterocycles. The Kier molecular flexibility index (Phi) is 6.95. The zero-order valence-corrected chi connectivity index (χ0v) is 18.4. The van der Waals surface area contributed by atoms with Gasteiger partial charge in [-0.2, -0.15) is 0 Å². The summed E-state index contributed by atoms with van der Waals surface area (Å²) in [6.07, 6.45) is 0. The molecule has 0 bridgehead atoms. The number of hydrogen-bond acceptors (Lipinski definition) is 3. The third kappa shape index (κ3) is 5.38. The van der Waals surface area contributed by atoms with Gasteiger partial charge >= 0.3 is 0 Å². The van der Waals surface area contributed by atoms with Gasteiger partial charge in [-0.15, -0.1) is 0 Å². The van der Waals surface area contributed by atoms with E-state index >= 15 is 0 Å². The van der Waals surface area contributed by atoms with Crippen molar-refractivity contribution in [1.29, 1.82) is 0 Å². The zero-order valence-electron chi connectivity index (χ0n) is 15.3. The van der Waals surface area contributed by atoms with Gasteiger partial charge in [0.05, 0.1) is 10.6 Å². The van der Waals surface area contributed by atoms with E-state index in [9.17, 15) is 13.2 Å². The summed E-state index contributed by atoms with van der Waals surface area (Å²) in [5.74, 6) is -0.438. The van der Waals surface area contributed by atoms with Gasteiger partial charge in [-0.25, -0.2) is 8.42 Å². The second kappa shape index (κ2) is 9.43. The van der Waals surface area contributed by atoms with E-state index in [1.54, 1.807) is 60.7 Å². The van der Waals surface area contributed by atoms with E-state index in [-0.39, 0.29) is 18.0 Å². The number of benzene rings is 3. The first kappa shape index (κ1) is 21.4. The van der Waals surface area contributed by atoms with Gasteiger partial charge < -0.3 is 5.32 Å². The Balaban J connectivity index is 1.84. The van der Waals surface area contributed by atoms with Gasteiger partial charge in [0.1, 0.15) is 6.54 Å². The highest BCUT2D eigenvalue weighted by Gasteiger charge is 2.27. The Hall–Kier alpha value is -2.35. The van der Waals surface area contributed by atoms with Crippen molar-refractivity contribution >= 4 is 49.1 Å². The van der Waals surface area contributed by atoms with Gasteiger partial charge in [0.2, 0.25) is 5.91 Å². The third-order valence-corrected chi connectivity index (χ3v) is 6.85. The molecule has 3 aromatic rings. The van der Waals surface area contributed by atoms with Gasteiger partial charge in [0.15, 0.2) is 0 Å². The van der Waals surface area contributed by atoms with Crippen LogP contribution in [0, 0.1) is 0 Å². The van der Waals surface area contributed by atoms with Crippen molar-refractivity contribution in [1.82, 2.24) is 5.32 Å². The summed E-state index contributed by atoms with van der Waals surface area (Å²) in [4.78, 5) is 12.7. The Morgan fingerprint density at radius 1 is 0.931 bits per heavy atom. The van der Waals surface area contributed by atoms with Gasteiger partial charge in [-0.3, -0.25) is 9.10 Å². The molecule has 0 spiro atoms. The summed E-state index contributed by atoms with van der Waals surface area (Å²) >= 11 is 9.45. The fourth-order valence-electron chi connectivity index (χ4n) is 2.66. The minimum atomic E-state index is -3.92. The minimum Gasteiger partial charge on any atom is -0.350 e. The van der Waals surface area contributed by atoms with Crippen LogP contribution in [0.2, 0.25) is 5.02 Å². The van der Waals surface area contributed by atoms with Crippen LogP contribution in [0.15, 0.2) is 88.2 Å². The number of hydrogen-bond donors (Lipinski definition) is 1. The molecule has 0 fully saturated rings. The normalized spacial score (nSPS) is 11.1. The van der Waals surface area contributed by atoms with Crippen LogP contribution in [0.1, 0.15) is 5.56 Å². The first-order valence-electron chi connectivity index (χ1n) is 8.71. The molecule has 3 aromatic carbocycles. The largest absolute Gasteiger partial charge is 0.350 e. The third-order valence-electron chi connectivity index (χ3n) is 4.17. The van der Waals surface area contributed by atoms with E-state index in [4.69, 9.17) is 11.6 Å². The van der Waals surface area contributed by atoms with Crippen LogP contribution < -0.4 is 9.62 Å². The number of rotatable bonds is 7. The molecule has 0 aliphatic heterocycles. The molecule has 0 aliphatic rings. The molecule has 150 valence electrons. The van der Waals surface area contributed by atoms with Crippen molar-refractivity contribution in [2.24, 2.45) is 0 Å². The lowest BCUT2D eigenvalue weighted by Crippen LogP contribution is -2.40. The van der Waals surface area contributed by atoms with Gasteiger partial charge in [-0.1, -0.05) is 63.9 Å². The second-order valence-corrected chi connectivity index (χ2v) is 9.35. The van der Waals surface area contributed by atoms with Crippen LogP contribution in [0.5, 0.6) is 0 Å². The molecular weight excluding hydrogens is 476 g/mol. The van der Waals surface area contributed by atoms with Crippen molar-refractivity contribution in [3.8, 4) is 0 Å². The van der Waals surface area contributed by atoms with Crippen LogP contribution in [-0.2, 0) is 21.4 Å². The van der Waals surface area contributed by atoms with Crippen LogP contribution in [0.4, 0.5) is 5.69 Å². The van der Waals surface area contributed by atoms with Crippen LogP contribution in [0.3, 0.4) is 0 Å². The quantitative estimate of drug-likeness (QED) is 0.522. The molecule has 29 heavy (non-hydrogen) atoms. The predicted molar refractivity (Wildman–Crippen MR) is 118 cm³/mol. The Morgan fingerprint density at radius 3 is 2.21 bits per heavy atom. The molecule has 5 nitrogen and oxygen atoms in total. The Morgan fingerprint density at radius 2 is 1.55 bits per heavy atom. The highest BCUT2D eigenvalue weighted by molar-refractivity contribution is 9.10. The smallest absolute Gasteiger partial charge is 0.264 e. The maximum absolute atomic E-state index is 13.2.